The van der Waals surface area contributed by atoms with Crippen LogP contribution in [0.1, 0.15) is 19.8 Å². The Labute approximate surface area is 128 Å². The summed E-state index contributed by atoms with van der Waals surface area (Å²) in [5.41, 5.74) is 0. The fraction of sp³-hybridized carbons (Fsp3) is 0.467. The SMILES string of the molecule is CCOC(=O)CCN(C)C(=O)CCSc1ccccc1F. The molecule has 1 aromatic rings. The summed E-state index contributed by atoms with van der Waals surface area (Å²) in [5, 5.41) is 0. The van der Waals surface area contributed by atoms with Gasteiger partial charge in [-0.15, -0.1) is 11.8 Å². The van der Waals surface area contributed by atoms with Gasteiger partial charge in [-0.05, 0) is 19.1 Å². The van der Waals surface area contributed by atoms with Gasteiger partial charge in [0, 0.05) is 30.7 Å². The Bertz CT molecular complexity index is 482. The highest BCUT2D eigenvalue weighted by atomic mass is 32.2. The zero-order valence-corrected chi connectivity index (χ0v) is 13.1. The monoisotopic (exact) mass is 313 g/mol. The average Bonchev–Trinajstić information content (AvgIpc) is 2.47. The second kappa shape index (κ2) is 9.39. The number of amides is 1. The van der Waals surface area contributed by atoms with Crippen molar-refractivity contribution in [2.24, 2.45) is 0 Å². The smallest absolute Gasteiger partial charge is 0.307 e. The number of esters is 1. The van der Waals surface area contributed by atoms with Crippen molar-refractivity contribution in [1.29, 1.82) is 0 Å². The normalized spacial score (nSPS) is 10.2. The molecule has 6 heteroatoms. The number of hydrogen-bond donors (Lipinski definition) is 0. The number of carbonyl (C=O) groups is 2. The topological polar surface area (TPSA) is 46.6 Å². The quantitative estimate of drug-likeness (QED) is 0.547. The molecular weight excluding hydrogens is 293 g/mol. The minimum atomic E-state index is -0.308. The third-order valence-electron chi connectivity index (χ3n) is 2.79. The van der Waals surface area contributed by atoms with E-state index in [4.69, 9.17) is 4.74 Å². The van der Waals surface area contributed by atoms with Crippen molar-refractivity contribution in [3.8, 4) is 0 Å². The van der Waals surface area contributed by atoms with Crippen LogP contribution >= 0.6 is 11.8 Å². The Balaban J connectivity index is 2.27. The summed E-state index contributed by atoms with van der Waals surface area (Å²) in [6.45, 7) is 2.42. The van der Waals surface area contributed by atoms with Gasteiger partial charge < -0.3 is 9.64 Å². The van der Waals surface area contributed by atoms with Crippen molar-refractivity contribution in [1.82, 2.24) is 4.90 Å². The van der Waals surface area contributed by atoms with E-state index in [2.05, 4.69) is 0 Å². The summed E-state index contributed by atoms with van der Waals surface area (Å²) in [6.07, 6.45) is 0.495. The van der Waals surface area contributed by atoms with E-state index in [0.29, 0.717) is 30.2 Å². The third-order valence-corrected chi connectivity index (χ3v) is 3.84. The van der Waals surface area contributed by atoms with Crippen LogP contribution in [-0.4, -0.2) is 42.7 Å². The van der Waals surface area contributed by atoms with Crippen molar-refractivity contribution in [2.75, 3.05) is 26.0 Å². The van der Waals surface area contributed by atoms with Gasteiger partial charge >= 0.3 is 5.97 Å². The van der Waals surface area contributed by atoms with Crippen molar-refractivity contribution >= 4 is 23.6 Å². The minimum Gasteiger partial charge on any atom is -0.466 e. The van der Waals surface area contributed by atoms with Crippen molar-refractivity contribution in [2.45, 2.75) is 24.7 Å². The van der Waals surface area contributed by atoms with E-state index in [1.807, 2.05) is 0 Å². The molecule has 0 saturated carbocycles. The molecule has 0 aromatic heterocycles. The van der Waals surface area contributed by atoms with Crippen LogP contribution < -0.4 is 0 Å². The Morgan fingerprint density at radius 3 is 2.67 bits per heavy atom. The van der Waals surface area contributed by atoms with Crippen LogP contribution in [0.25, 0.3) is 0 Å². The molecule has 0 aliphatic rings. The average molecular weight is 313 g/mol. The lowest BCUT2D eigenvalue weighted by atomic mass is 10.3. The molecule has 0 N–H and O–H groups in total. The summed E-state index contributed by atoms with van der Waals surface area (Å²) in [7, 11) is 1.65. The predicted molar refractivity (Wildman–Crippen MR) is 80.6 cm³/mol. The zero-order valence-electron chi connectivity index (χ0n) is 12.3. The van der Waals surface area contributed by atoms with E-state index in [1.165, 1.54) is 22.7 Å². The maximum Gasteiger partial charge on any atom is 0.307 e. The van der Waals surface area contributed by atoms with Crippen LogP contribution in [0.5, 0.6) is 0 Å². The Morgan fingerprint density at radius 1 is 1.29 bits per heavy atom. The number of rotatable bonds is 8. The molecule has 0 aliphatic carbocycles. The van der Waals surface area contributed by atoms with Gasteiger partial charge in [-0.3, -0.25) is 9.59 Å². The number of benzene rings is 1. The van der Waals surface area contributed by atoms with E-state index in [9.17, 15) is 14.0 Å². The van der Waals surface area contributed by atoms with Crippen LogP contribution in [0.15, 0.2) is 29.2 Å². The fourth-order valence-corrected chi connectivity index (χ4v) is 2.50. The second-order valence-corrected chi connectivity index (χ2v) is 5.54. The lowest BCUT2D eigenvalue weighted by Gasteiger charge is -2.16. The molecule has 0 aliphatic heterocycles. The number of carbonyl (C=O) groups excluding carboxylic acids is 2. The number of thioether (sulfide) groups is 1. The molecular formula is C15H20FNO3S. The maximum atomic E-state index is 13.4. The molecule has 0 radical (unpaired) electrons. The van der Waals surface area contributed by atoms with Crippen molar-refractivity contribution in [3.63, 3.8) is 0 Å². The molecule has 1 rings (SSSR count). The highest BCUT2D eigenvalue weighted by Crippen LogP contribution is 2.21. The van der Waals surface area contributed by atoms with Crippen LogP contribution in [0.4, 0.5) is 4.39 Å². The van der Waals surface area contributed by atoms with Crippen molar-refractivity contribution in [3.05, 3.63) is 30.1 Å². The van der Waals surface area contributed by atoms with Crippen LogP contribution in [0, 0.1) is 5.82 Å². The molecule has 4 nitrogen and oxygen atoms in total. The molecule has 0 spiro atoms. The van der Waals surface area contributed by atoms with E-state index >= 15 is 0 Å². The second-order valence-electron chi connectivity index (χ2n) is 4.40. The van der Waals surface area contributed by atoms with Gasteiger partial charge in [-0.25, -0.2) is 4.39 Å². The summed E-state index contributed by atoms with van der Waals surface area (Å²) < 4.78 is 18.2. The van der Waals surface area contributed by atoms with Crippen LogP contribution in [-0.2, 0) is 14.3 Å². The van der Waals surface area contributed by atoms with Gasteiger partial charge in [0.1, 0.15) is 5.82 Å². The van der Waals surface area contributed by atoms with Gasteiger partial charge in [0.05, 0.1) is 13.0 Å². The van der Waals surface area contributed by atoms with Gasteiger partial charge in [-0.2, -0.15) is 0 Å². The standard InChI is InChI=1S/C15H20FNO3S/c1-3-20-15(19)8-10-17(2)14(18)9-11-21-13-7-5-4-6-12(13)16/h4-7H,3,8-11H2,1-2H3. The molecule has 0 bridgehead atoms. The van der Waals surface area contributed by atoms with Crippen LogP contribution in [0.2, 0.25) is 0 Å². The molecule has 1 aromatic carbocycles. The van der Waals surface area contributed by atoms with Gasteiger partial charge in [-0.1, -0.05) is 12.1 Å². The molecule has 21 heavy (non-hydrogen) atoms. The zero-order chi connectivity index (χ0) is 15.7. The summed E-state index contributed by atoms with van der Waals surface area (Å²) >= 11 is 1.31. The Morgan fingerprint density at radius 2 is 2.00 bits per heavy atom. The number of hydrogen-bond acceptors (Lipinski definition) is 4. The first kappa shape index (κ1) is 17.5. The van der Waals surface area contributed by atoms with E-state index in [1.54, 1.807) is 32.2 Å². The number of halogens is 1. The summed E-state index contributed by atoms with van der Waals surface area (Å²) in [4.78, 5) is 25.1. The molecule has 0 fully saturated rings. The first-order chi connectivity index (χ1) is 10.0. The fourth-order valence-electron chi connectivity index (χ4n) is 1.62. The predicted octanol–water partition coefficient (Wildman–Crippen LogP) is 2.72. The molecule has 1 amide bonds. The van der Waals surface area contributed by atoms with Gasteiger partial charge in [0.2, 0.25) is 5.91 Å². The largest absolute Gasteiger partial charge is 0.466 e. The lowest BCUT2D eigenvalue weighted by Crippen LogP contribution is -2.29. The first-order valence-corrected chi connectivity index (χ1v) is 7.80. The molecule has 0 atom stereocenters. The summed E-state index contributed by atoms with van der Waals surface area (Å²) in [6, 6.07) is 6.48. The highest BCUT2D eigenvalue weighted by Gasteiger charge is 2.11. The lowest BCUT2D eigenvalue weighted by molar-refractivity contribution is -0.143. The van der Waals surface area contributed by atoms with E-state index in [-0.39, 0.29) is 24.1 Å². The van der Waals surface area contributed by atoms with Crippen LogP contribution in [0.3, 0.4) is 0 Å². The molecule has 0 heterocycles. The minimum absolute atomic E-state index is 0.0665. The van der Waals surface area contributed by atoms with E-state index in [0.717, 1.165) is 0 Å². The Hall–Kier alpha value is -1.56. The first-order valence-electron chi connectivity index (χ1n) is 6.81. The number of ether oxygens (including phenoxy) is 1. The van der Waals surface area contributed by atoms with E-state index < -0.39 is 0 Å². The maximum absolute atomic E-state index is 13.4. The molecule has 0 saturated heterocycles. The highest BCUT2D eigenvalue weighted by molar-refractivity contribution is 7.99. The van der Waals surface area contributed by atoms with Crippen molar-refractivity contribution < 1.29 is 18.7 Å². The molecule has 116 valence electrons. The Kier molecular flexibility index (Phi) is 7.82. The molecule has 0 unspecified atom stereocenters. The third kappa shape index (κ3) is 6.62. The van der Waals surface area contributed by atoms with Gasteiger partial charge in [0.15, 0.2) is 0 Å². The van der Waals surface area contributed by atoms with Gasteiger partial charge in [0.25, 0.3) is 0 Å². The summed E-state index contributed by atoms with van der Waals surface area (Å²) in [5.74, 6) is -0.143. The number of nitrogens with zero attached hydrogens (tertiary/aromatic N) is 1.